The van der Waals surface area contributed by atoms with E-state index in [0.717, 1.165) is 21.4 Å². The Morgan fingerprint density at radius 1 is 1.19 bits per heavy atom. The van der Waals surface area contributed by atoms with E-state index in [9.17, 15) is 26.4 Å². The van der Waals surface area contributed by atoms with Crippen LogP contribution in [0.2, 0.25) is 0 Å². The molecule has 0 bridgehead atoms. The van der Waals surface area contributed by atoms with Gasteiger partial charge in [0.2, 0.25) is 10.0 Å². The van der Waals surface area contributed by atoms with Gasteiger partial charge in [-0.25, -0.2) is 8.42 Å². The van der Waals surface area contributed by atoms with Crippen LogP contribution in [0.1, 0.15) is 25.3 Å². The molecule has 0 saturated carbocycles. The number of aryl methyl sites for hydroxylation is 1. The van der Waals surface area contributed by atoms with E-state index in [4.69, 9.17) is 5.11 Å². The zero-order valence-electron chi connectivity index (χ0n) is 15.0. The number of unbranched alkanes of at least 4 members (excludes halogenated alkanes) is 1. The predicted octanol–water partition coefficient (Wildman–Crippen LogP) is 2.34. The van der Waals surface area contributed by atoms with E-state index in [1.807, 2.05) is 6.92 Å². The summed E-state index contributed by atoms with van der Waals surface area (Å²) in [5, 5.41) is 8.77. The highest BCUT2D eigenvalue weighted by molar-refractivity contribution is 7.89. The fourth-order valence-corrected chi connectivity index (χ4v) is 4.28. The molecule has 6 nitrogen and oxygen atoms in total. The Bertz CT molecular complexity index is 984. The molecule has 2 rings (SSSR count). The van der Waals surface area contributed by atoms with Crippen molar-refractivity contribution in [2.24, 2.45) is 7.05 Å². The number of benzene rings is 1. The van der Waals surface area contributed by atoms with Crippen molar-refractivity contribution in [2.75, 3.05) is 19.7 Å². The number of sulfonamides is 1. The third-order valence-electron chi connectivity index (χ3n) is 4.27. The van der Waals surface area contributed by atoms with Crippen LogP contribution in [0.25, 0.3) is 10.9 Å². The molecule has 0 fully saturated rings. The van der Waals surface area contributed by atoms with Gasteiger partial charge < -0.3 is 9.67 Å². The van der Waals surface area contributed by atoms with Gasteiger partial charge in [0.15, 0.2) is 0 Å². The van der Waals surface area contributed by atoms with Crippen LogP contribution >= 0.6 is 0 Å². The molecule has 0 atom stereocenters. The van der Waals surface area contributed by atoms with Gasteiger partial charge in [0.1, 0.15) is 0 Å². The Labute approximate surface area is 154 Å². The van der Waals surface area contributed by atoms with E-state index in [1.54, 1.807) is 0 Å². The minimum absolute atomic E-state index is 0.0176. The third-order valence-corrected chi connectivity index (χ3v) is 6.17. The maximum Gasteiger partial charge on any atom is 0.417 e. The molecule has 10 heteroatoms. The first-order chi connectivity index (χ1) is 12.5. The number of aromatic nitrogens is 1. The first kappa shape index (κ1) is 21.4. The maximum absolute atomic E-state index is 13.4. The fraction of sp³-hybridized carbons (Fsp3) is 0.471. The van der Waals surface area contributed by atoms with Crippen LogP contribution in [0.5, 0.6) is 0 Å². The molecule has 1 aromatic heterocycles. The second-order valence-electron chi connectivity index (χ2n) is 6.11. The molecule has 0 saturated heterocycles. The number of alkyl halides is 3. The van der Waals surface area contributed by atoms with Crippen molar-refractivity contribution in [1.82, 2.24) is 8.87 Å². The summed E-state index contributed by atoms with van der Waals surface area (Å²) in [5.41, 5.74) is -2.04. The minimum Gasteiger partial charge on any atom is -0.395 e. The average Bonchev–Trinajstić information content (AvgIpc) is 2.60. The number of aliphatic hydroxyl groups excluding tert-OH is 1. The molecular weight excluding hydrogens is 385 g/mol. The molecule has 0 aliphatic rings. The number of nitrogens with zero attached hydrogens (tertiary/aromatic N) is 2. The summed E-state index contributed by atoms with van der Waals surface area (Å²) in [5.74, 6) is 0. The number of pyridine rings is 1. The van der Waals surface area contributed by atoms with E-state index in [2.05, 4.69) is 0 Å². The Kier molecular flexibility index (Phi) is 6.33. The topological polar surface area (TPSA) is 79.6 Å². The van der Waals surface area contributed by atoms with Crippen LogP contribution in [0.15, 0.2) is 34.0 Å². The summed E-state index contributed by atoms with van der Waals surface area (Å²) in [6.07, 6.45) is -3.54. The van der Waals surface area contributed by atoms with Crippen molar-refractivity contribution in [2.45, 2.75) is 30.8 Å². The van der Waals surface area contributed by atoms with Gasteiger partial charge in [0.25, 0.3) is 5.56 Å². The fourth-order valence-electron chi connectivity index (χ4n) is 2.78. The molecule has 0 unspecified atom stereocenters. The molecule has 150 valence electrons. The van der Waals surface area contributed by atoms with Gasteiger partial charge in [-0.3, -0.25) is 4.79 Å². The van der Waals surface area contributed by atoms with Crippen molar-refractivity contribution in [1.29, 1.82) is 0 Å². The second kappa shape index (κ2) is 7.99. The predicted molar refractivity (Wildman–Crippen MR) is 94.9 cm³/mol. The molecule has 27 heavy (non-hydrogen) atoms. The van der Waals surface area contributed by atoms with Crippen molar-refractivity contribution in [3.63, 3.8) is 0 Å². The van der Waals surface area contributed by atoms with Gasteiger partial charge in [0.05, 0.1) is 22.6 Å². The van der Waals surface area contributed by atoms with Crippen LogP contribution in [0.4, 0.5) is 13.2 Å². The first-order valence-corrected chi connectivity index (χ1v) is 9.80. The molecule has 0 aliphatic heterocycles. The van der Waals surface area contributed by atoms with E-state index >= 15 is 0 Å². The van der Waals surface area contributed by atoms with Gasteiger partial charge in [-0.1, -0.05) is 13.3 Å². The molecule has 0 spiro atoms. The Balaban J connectivity index is 2.70. The van der Waals surface area contributed by atoms with Crippen molar-refractivity contribution in [3.05, 3.63) is 40.2 Å². The molecule has 0 amide bonds. The highest BCUT2D eigenvalue weighted by Crippen LogP contribution is 2.35. The quantitative estimate of drug-likeness (QED) is 0.766. The number of aliphatic hydroxyl groups is 1. The Hall–Kier alpha value is -1.91. The summed E-state index contributed by atoms with van der Waals surface area (Å²) < 4.78 is 67.9. The first-order valence-electron chi connectivity index (χ1n) is 8.36. The molecule has 1 heterocycles. The van der Waals surface area contributed by atoms with Crippen LogP contribution in [-0.4, -0.2) is 42.1 Å². The highest BCUT2D eigenvalue weighted by Gasteiger charge is 2.34. The van der Waals surface area contributed by atoms with Crippen molar-refractivity contribution < 1.29 is 26.7 Å². The lowest BCUT2D eigenvalue weighted by molar-refractivity contribution is -0.136. The van der Waals surface area contributed by atoms with Crippen molar-refractivity contribution in [3.8, 4) is 0 Å². The highest BCUT2D eigenvalue weighted by atomic mass is 32.2. The zero-order valence-corrected chi connectivity index (χ0v) is 15.8. The van der Waals surface area contributed by atoms with E-state index in [-0.39, 0.29) is 28.9 Å². The molecule has 1 aromatic carbocycles. The van der Waals surface area contributed by atoms with E-state index < -0.39 is 33.9 Å². The number of halogens is 3. The monoisotopic (exact) mass is 406 g/mol. The van der Waals surface area contributed by atoms with E-state index in [1.165, 1.54) is 19.2 Å². The number of rotatable bonds is 7. The van der Waals surface area contributed by atoms with Gasteiger partial charge >= 0.3 is 6.18 Å². The van der Waals surface area contributed by atoms with Gasteiger partial charge in [-0.2, -0.15) is 17.5 Å². The third kappa shape index (κ3) is 4.33. The largest absolute Gasteiger partial charge is 0.417 e. The van der Waals surface area contributed by atoms with Crippen LogP contribution in [0.3, 0.4) is 0 Å². The molecular formula is C17H21F3N2O4S. The van der Waals surface area contributed by atoms with Crippen molar-refractivity contribution >= 4 is 20.9 Å². The molecule has 1 N–H and O–H groups in total. The standard InChI is InChI=1S/C17H21F3N2O4S/c1-3-4-7-22(8-9-23)27(25,26)12-5-6-15-13(10-12)14(17(18,19)20)11-16(24)21(15)2/h5-6,10-11,23H,3-4,7-9H2,1-2H3. The van der Waals surface area contributed by atoms with Gasteiger partial charge in [0, 0.05) is 31.6 Å². The van der Waals surface area contributed by atoms with Gasteiger partial charge in [-0.05, 0) is 24.6 Å². The van der Waals surface area contributed by atoms with E-state index in [0.29, 0.717) is 12.5 Å². The molecule has 0 radical (unpaired) electrons. The minimum atomic E-state index is -4.80. The molecule has 0 aliphatic carbocycles. The van der Waals surface area contributed by atoms with Crippen LogP contribution < -0.4 is 5.56 Å². The number of hydrogen-bond acceptors (Lipinski definition) is 4. The maximum atomic E-state index is 13.4. The number of fused-ring (bicyclic) bond motifs is 1. The lowest BCUT2D eigenvalue weighted by Gasteiger charge is -2.22. The lowest BCUT2D eigenvalue weighted by Crippen LogP contribution is -2.34. The summed E-state index contributed by atoms with van der Waals surface area (Å²) >= 11 is 0. The van der Waals surface area contributed by atoms with Crippen LogP contribution in [-0.2, 0) is 23.2 Å². The SMILES string of the molecule is CCCCN(CCO)S(=O)(=O)c1ccc2c(c1)c(C(F)(F)F)cc(=O)n2C. The lowest BCUT2D eigenvalue weighted by atomic mass is 10.1. The average molecular weight is 406 g/mol. The molecule has 2 aromatic rings. The van der Waals surface area contributed by atoms with Gasteiger partial charge in [-0.15, -0.1) is 0 Å². The second-order valence-corrected chi connectivity index (χ2v) is 8.05. The Morgan fingerprint density at radius 3 is 2.41 bits per heavy atom. The summed E-state index contributed by atoms with van der Waals surface area (Å²) in [6, 6.07) is 3.76. The normalized spacial score (nSPS) is 12.9. The zero-order chi connectivity index (χ0) is 20.4. The van der Waals surface area contributed by atoms with Crippen LogP contribution in [0, 0.1) is 0 Å². The summed E-state index contributed by atoms with van der Waals surface area (Å²) in [7, 11) is -2.78. The summed E-state index contributed by atoms with van der Waals surface area (Å²) in [4.78, 5) is 11.5. The number of hydrogen-bond donors (Lipinski definition) is 1. The summed E-state index contributed by atoms with van der Waals surface area (Å²) in [6.45, 7) is 1.46. The Morgan fingerprint density at radius 2 is 1.85 bits per heavy atom. The smallest absolute Gasteiger partial charge is 0.395 e.